The van der Waals surface area contributed by atoms with E-state index >= 15 is 0 Å². The number of piperidine rings is 1. The third-order valence-electron chi connectivity index (χ3n) is 7.64. The van der Waals surface area contributed by atoms with Crippen LogP contribution in [0.3, 0.4) is 0 Å². The van der Waals surface area contributed by atoms with E-state index in [4.69, 9.17) is 4.98 Å². The number of nitrogens with one attached hydrogen (secondary N) is 2. The fourth-order valence-corrected chi connectivity index (χ4v) is 5.80. The van der Waals surface area contributed by atoms with Crippen molar-refractivity contribution in [2.24, 2.45) is 0 Å². The lowest BCUT2D eigenvalue weighted by molar-refractivity contribution is 0.0493. The van der Waals surface area contributed by atoms with Gasteiger partial charge in [-0.25, -0.2) is 9.97 Å². The third-order valence-corrected chi connectivity index (χ3v) is 7.64. The van der Waals surface area contributed by atoms with Crippen molar-refractivity contribution in [1.82, 2.24) is 35.2 Å². The molecule has 9 heteroatoms. The van der Waals surface area contributed by atoms with Gasteiger partial charge in [0.2, 0.25) is 5.95 Å². The Morgan fingerprint density at radius 3 is 2.65 bits per heavy atom. The summed E-state index contributed by atoms with van der Waals surface area (Å²) in [6, 6.07) is 12.8. The van der Waals surface area contributed by atoms with Gasteiger partial charge >= 0.3 is 0 Å². The number of amides is 1. The van der Waals surface area contributed by atoms with Crippen molar-refractivity contribution in [3.05, 3.63) is 70.5 Å². The van der Waals surface area contributed by atoms with Gasteiger partial charge in [-0.2, -0.15) is 0 Å². The Morgan fingerprint density at radius 2 is 1.86 bits per heavy atom. The van der Waals surface area contributed by atoms with Crippen molar-refractivity contribution in [1.29, 1.82) is 0 Å². The Hall–Kier alpha value is -3.85. The molecule has 6 rings (SSSR count). The fraction of sp³-hybridized carbons (Fsp3) is 0.393. The summed E-state index contributed by atoms with van der Waals surface area (Å²) < 4.78 is 0. The molecule has 0 saturated carbocycles. The van der Waals surface area contributed by atoms with E-state index in [2.05, 4.69) is 69.6 Å². The standard InChI is InChI=1S/C28H32N8O/c1-17-10-18(2)12-22(11-17)30-28-29-15-21-13-19(3)36(16-26(21)31-28)23-6-8-35(9-7-23)27(37)20-4-5-24-25(14-20)33-34-32-24/h4-5,10-12,14-15,19,23H,6-9,13,16H2,1-3H3,(H,29,30,31)(H,32,33,34). The van der Waals surface area contributed by atoms with E-state index in [1.807, 2.05) is 29.3 Å². The summed E-state index contributed by atoms with van der Waals surface area (Å²) in [6.45, 7) is 8.79. The molecule has 1 saturated heterocycles. The molecule has 2 aromatic heterocycles. The molecule has 0 aliphatic carbocycles. The first-order valence-electron chi connectivity index (χ1n) is 13.0. The second-order valence-electron chi connectivity index (χ2n) is 10.5. The van der Waals surface area contributed by atoms with Gasteiger partial charge < -0.3 is 10.2 Å². The van der Waals surface area contributed by atoms with Gasteiger partial charge in [0, 0.05) is 49.2 Å². The van der Waals surface area contributed by atoms with Crippen molar-refractivity contribution in [2.45, 2.75) is 58.7 Å². The maximum Gasteiger partial charge on any atom is 0.253 e. The van der Waals surface area contributed by atoms with Gasteiger partial charge in [-0.1, -0.05) is 11.3 Å². The number of aryl methyl sites for hydroxylation is 2. The van der Waals surface area contributed by atoms with Crippen LogP contribution in [0.15, 0.2) is 42.6 Å². The van der Waals surface area contributed by atoms with Crippen LogP contribution in [-0.4, -0.2) is 66.3 Å². The number of hydrogen-bond acceptors (Lipinski definition) is 7. The molecule has 2 aliphatic heterocycles. The summed E-state index contributed by atoms with van der Waals surface area (Å²) in [5.74, 6) is 0.706. The highest BCUT2D eigenvalue weighted by molar-refractivity contribution is 5.97. The first-order valence-corrected chi connectivity index (χ1v) is 13.0. The van der Waals surface area contributed by atoms with Crippen LogP contribution in [0.1, 0.15) is 52.5 Å². The number of H-pyrrole nitrogens is 1. The predicted octanol–water partition coefficient (Wildman–Crippen LogP) is 4.16. The van der Waals surface area contributed by atoms with Crippen molar-refractivity contribution < 1.29 is 4.79 Å². The highest BCUT2D eigenvalue weighted by atomic mass is 16.2. The summed E-state index contributed by atoms with van der Waals surface area (Å²) in [5, 5.41) is 14.1. The minimum absolute atomic E-state index is 0.0650. The van der Waals surface area contributed by atoms with Gasteiger partial charge in [0.25, 0.3) is 5.91 Å². The Bertz CT molecular complexity index is 1440. The van der Waals surface area contributed by atoms with E-state index in [9.17, 15) is 4.79 Å². The summed E-state index contributed by atoms with van der Waals surface area (Å²) >= 11 is 0. The largest absolute Gasteiger partial charge is 0.339 e. The topological polar surface area (TPSA) is 103 Å². The zero-order valence-corrected chi connectivity index (χ0v) is 21.5. The quantitative estimate of drug-likeness (QED) is 0.437. The van der Waals surface area contributed by atoms with Crippen molar-refractivity contribution in [3.63, 3.8) is 0 Å². The minimum atomic E-state index is 0.0650. The van der Waals surface area contributed by atoms with Gasteiger partial charge in [-0.05, 0) is 87.1 Å². The molecule has 37 heavy (non-hydrogen) atoms. The van der Waals surface area contributed by atoms with E-state index in [0.717, 1.165) is 61.3 Å². The van der Waals surface area contributed by atoms with E-state index < -0.39 is 0 Å². The summed E-state index contributed by atoms with van der Waals surface area (Å²) in [6.07, 6.45) is 4.83. The lowest BCUT2D eigenvalue weighted by Crippen LogP contribution is -2.51. The lowest BCUT2D eigenvalue weighted by Gasteiger charge is -2.43. The third kappa shape index (κ3) is 4.79. The van der Waals surface area contributed by atoms with Gasteiger partial charge in [0.05, 0.1) is 11.2 Å². The van der Waals surface area contributed by atoms with Crippen LogP contribution in [-0.2, 0) is 13.0 Å². The van der Waals surface area contributed by atoms with Crippen molar-refractivity contribution >= 4 is 28.6 Å². The lowest BCUT2D eigenvalue weighted by atomic mass is 9.94. The average Bonchev–Trinajstić information content (AvgIpc) is 3.36. The number of benzene rings is 2. The smallest absolute Gasteiger partial charge is 0.253 e. The van der Waals surface area contributed by atoms with Gasteiger partial charge in [-0.3, -0.25) is 14.8 Å². The zero-order chi connectivity index (χ0) is 25.5. The highest BCUT2D eigenvalue weighted by Gasteiger charge is 2.33. The molecule has 1 atom stereocenters. The number of nitrogens with zero attached hydrogens (tertiary/aromatic N) is 6. The summed E-state index contributed by atoms with van der Waals surface area (Å²) in [4.78, 5) is 27.2. The molecule has 1 fully saturated rings. The summed E-state index contributed by atoms with van der Waals surface area (Å²) in [7, 11) is 0. The fourth-order valence-electron chi connectivity index (χ4n) is 5.80. The number of likely N-dealkylation sites (tertiary alicyclic amines) is 1. The number of carbonyl (C=O) groups is 1. The maximum absolute atomic E-state index is 13.1. The number of fused-ring (bicyclic) bond motifs is 2. The van der Waals surface area contributed by atoms with E-state index in [1.54, 1.807) is 0 Å². The molecular weight excluding hydrogens is 464 g/mol. The van der Waals surface area contributed by atoms with Crippen molar-refractivity contribution in [3.8, 4) is 0 Å². The average molecular weight is 497 g/mol. The molecule has 2 N–H and O–H groups in total. The molecule has 4 heterocycles. The van der Waals surface area contributed by atoms with E-state index in [-0.39, 0.29) is 5.91 Å². The van der Waals surface area contributed by atoms with Gasteiger partial charge in [0.1, 0.15) is 5.52 Å². The van der Waals surface area contributed by atoms with Crippen LogP contribution in [0.2, 0.25) is 0 Å². The Morgan fingerprint density at radius 1 is 1.08 bits per heavy atom. The molecule has 0 radical (unpaired) electrons. The van der Waals surface area contributed by atoms with Crippen LogP contribution in [0.5, 0.6) is 0 Å². The normalized spacial score (nSPS) is 18.7. The molecule has 2 aliphatic rings. The summed E-state index contributed by atoms with van der Waals surface area (Å²) in [5.41, 5.74) is 7.98. The highest BCUT2D eigenvalue weighted by Crippen LogP contribution is 2.29. The Labute approximate surface area is 216 Å². The number of aromatic nitrogens is 5. The number of aromatic amines is 1. The van der Waals surface area contributed by atoms with Crippen LogP contribution >= 0.6 is 0 Å². The van der Waals surface area contributed by atoms with Crippen LogP contribution in [0.4, 0.5) is 11.6 Å². The molecule has 1 amide bonds. The Kier molecular flexibility index (Phi) is 6.08. The molecule has 0 spiro atoms. The van der Waals surface area contributed by atoms with Gasteiger partial charge in [0.15, 0.2) is 0 Å². The molecule has 9 nitrogen and oxygen atoms in total. The zero-order valence-electron chi connectivity index (χ0n) is 21.5. The monoisotopic (exact) mass is 496 g/mol. The van der Waals surface area contributed by atoms with Gasteiger partial charge in [-0.15, -0.1) is 5.10 Å². The molecule has 2 aromatic carbocycles. The van der Waals surface area contributed by atoms with E-state index in [0.29, 0.717) is 23.6 Å². The Balaban J connectivity index is 1.12. The predicted molar refractivity (Wildman–Crippen MR) is 143 cm³/mol. The maximum atomic E-state index is 13.1. The molecule has 190 valence electrons. The molecule has 1 unspecified atom stereocenters. The van der Waals surface area contributed by atoms with Crippen LogP contribution < -0.4 is 5.32 Å². The molecule has 0 bridgehead atoms. The molecule has 4 aromatic rings. The number of anilines is 2. The first kappa shape index (κ1) is 23.5. The second-order valence-corrected chi connectivity index (χ2v) is 10.5. The molecular formula is C28H32N8O. The van der Waals surface area contributed by atoms with Crippen LogP contribution in [0.25, 0.3) is 11.0 Å². The minimum Gasteiger partial charge on any atom is -0.339 e. The number of carbonyl (C=O) groups excluding carboxylic acids is 1. The SMILES string of the molecule is Cc1cc(C)cc(Nc2ncc3c(n2)CN(C2CCN(C(=O)c4ccc5[nH]nnc5c4)CC2)C(C)C3)c1. The number of hydrogen-bond donors (Lipinski definition) is 2. The first-order chi connectivity index (χ1) is 17.9. The second kappa shape index (κ2) is 9.55. The van der Waals surface area contributed by atoms with Crippen molar-refractivity contribution in [2.75, 3.05) is 18.4 Å². The van der Waals surface area contributed by atoms with E-state index in [1.165, 1.54) is 16.7 Å². The number of rotatable bonds is 4. The van der Waals surface area contributed by atoms with Crippen LogP contribution in [0, 0.1) is 13.8 Å².